The van der Waals surface area contributed by atoms with Gasteiger partial charge in [-0.3, -0.25) is 4.79 Å². The molecule has 0 fully saturated rings. The van der Waals surface area contributed by atoms with E-state index in [4.69, 9.17) is 0 Å². The number of amides is 1. The molecule has 0 saturated carbocycles. The van der Waals surface area contributed by atoms with Crippen molar-refractivity contribution < 1.29 is 9.90 Å². The van der Waals surface area contributed by atoms with Gasteiger partial charge in [0.15, 0.2) is 0 Å². The van der Waals surface area contributed by atoms with Crippen LogP contribution in [0.25, 0.3) is 0 Å². The van der Waals surface area contributed by atoms with E-state index in [0.717, 1.165) is 5.56 Å². The lowest BCUT2D eigenvalue weighted by Crippen LogP contribution is -2.38. The summed E-state index contributed by atoms with van der Waals surface area (Å²) in [4.78, 5) is 13.9. The fourth-order valence-electron chi connectivity index (χ4n) is 1.64. The molecule has 17 heavy (non-hydrogen) atoms. The minimum absolute atomic E-state index is 0.0448. The molecule has 0 spiro atoms. The quantitative estimate of drug-likeness (QED) is 0.875. The summed E-state index contributed by atoms with van der Waals surface area (Å²) >= 11 is 0. The second-order valence-electron chi connectivity index (χ2n) is 4.92. The molecule has 0 aliphatic rings. The Bertz CT molecular complexity index is 413. The van der Waals surface area contributed by atoms with Gasteiger partial charge >= 0.3 is 0 Å². The Morgan fingerprint density at radius 1 is 1.29 bits per heavy atom. The van der Waals surface area contributed by atoms with Crippen molar-refractivity contribution in [3.8, 4) is 5.75 Å². The third-order valence-electron chi connectivity index (χ3n) is 3.28. The van der Waals surface area contributed by atoms with Gasteiger partial charge in [0.1, 0.15) is 5.75 Å². The molecule has 3 nitrogen and oxygen atoms in total. The summed E-state index contributed by atoms with van der Waals surface area (Å²) in [6, 6.07) is 5.22. The third-order valence-corrected chi connectivity index (χ3v) is 3.28. The molecule has 1 atom stereocenters. The Labute approximate surface area is 103 Å². The summed E-state index contributed by atoms with van der Waals surface area (Å²) in [6.07, 6.45) is 0. The standard InChI is InChI=1S/C14H21NO2/c1-9(2)11(4)15(5)14(17)12-8-10(3)6-7-13(12)16/h6-9,11,16H,1-5H3. The molecule has 1 aromatic rings. The summed E-state index contributed by atoms with van der Waals surface area (Å²) in [5, 5.41) is 9.73. The van der Waals surface area contributed by atoms with Crippen molar-refractivity contribution in [1.29, 1.82) is 0 Å². The number of nitrogens with zero attached hydrogens (tertiary/aromatic N) is 1. The Balaban J connectivity index is 3.00. The summed E-state index contributed by atoms with van der Waals surface area (Å²) in [7, 11) is 1.77. The van der Waals surface area contributed by atoms with Crippen molar-refractivity contribution in [3.63, 3.8) is 0 Å². The smallest absolute Gasteiger partial charge is 0.257 e. The number of hydrogen-bond acceptors (Lipinski definition) is 2. The number of hydrogen-bond donors (Lipinski definition) is 1. The van der Waals surface area contributed by atoms with E-state index in [1.165, 1.54) is 0 Å². The molecule has 94 valence electrons. The average Bonchev–Trinajstić information content (AvgIpc) is 2.29. The molecule has 0 aliphatic heterocycles. The van der Waals surface area contributed by atoms with E-state index in [0.29, 0.717) is 11.5 Å². The number of aromatic hydroxyl groups is 1. The zero-order chi connectivity index (χ0) is 13.2. The van der Waals surface area contributed by atoms with Gasteiger partial charge in [0.2, 0.25) is 0 Å². The molecule has 1 aromatic carbocycles. The van der Waals surface area contributed by atoms with Gasteiger partial charge in [-0.15, -0.1) is 0 Å². The first-order chi connectivity index (χ1) is 7.84. The molecule has 0 radical (unpaired) electrons. The van der Waals surface area contributed by atoms with Crippen molar-refractivity contribution >= 4 is 5.91 Å². The van der Waals surface area contributed by atoms with Crippen LogP contribution in [0.2, 0.25) is 0 Å². The van der Waals surface area contributed by atoms with Gasteiger partial charge < -0.3 is 10.0 Å². The van der Waals surface area contributed by atoms with Crippen LogP contribution < -0.4 is 0 Å². The SMILES string of the molecule is Cc1ccc(O)c(C(=O)N(C)C(C)C(C)C)c1. The predicted molar refractivity (Wildman–Crippen MR) is 69.2 cm³/mol. The van der Waals surface area contributed by atoms with Gasteiger partial charge in [0, 0.05) is 13.1 Å². The maximum Gasteiger partial charge on any atom is 0.257 e. The summed E-state index contributed by atoms with van der Waals surface area (Å²) < 4.78 is 0. The van der Waals surface area contributed by atoms with Crippen molar-refractivity contribution in [2.75, 3.05) is 7.05 Å². The number of carbonyl (C=O) groups excluding carboxylic acids is 1. The molecular formula is C14H21NO2. The Hall–Kier alpha value is -1.51. The van der Waals surface area contributed by atoms with Gasteiger partial charge in [-0.2, -0.15) is 0 Å². The summed E-state index contributed by atoms with van der Waals surface area (Å²) in [6.45, 7) is 8.06. The largest absolute Gasteiger partial charge is 0.507 e. The Morgan fingerprint density at radius 2 is 1.88 bits per heavy atom. The fraction of sp³-hybridized carbons (Fsp3) is 0.500. The van der Waals surface area contributed by atoms with Crippen LogP contribution >= 0.6 is 0 Å². The van der Waals surface area contributed by atoms with Gasteiger partial charge in [0.05, 0.1) is 5.56 Å². The highest BCUT2D eigenvalue weighted by molar-refractivity contribution is 5.97. The van der Waals surface area contributed by atoms with Crippen LogP contribution in [0.1, 0.15) is 36.7 Å². The van der Waals surface area contributed by atoms with Gasteiger partial charge in [-0.1, -0.05) is 25.5 Å². The molecule has 0 saturated heterocycles. The maximum absolute atomic E-state index is 12.2. The lowest BCUT2D eigenvalue weighted by atomic mass is 10.0. The minimum atomic E-state index is -0.132. The second kappa shape index (κ2) is 5.21. The first-order valence-corrected chi connectivity index (χ1v) is 5.91. The number of aryl methyl sites for hydroxylation is 1. The van der Waals surface area contributed by atoms with Crippen LogP contribution in [0.5, 0.6) is 5.75 Å². The highest BCUT2D eigenvalue weighted by Crippen LogP contribution is 2.21. The first kappa shape index (κ1) is 13.6. The minimum Gasteiger partial charge on any atom is -0.507 e. The van der Waals surface area contributed by atoms with Crippen molar-refractivity contribution in [2.24, 2.45) is 5.92 Å². The van der Waals surface area contributed by atoms with E-state index in [1.54, 1.807) is 30.1 Å². The molecule has 1 rings (SSSR count). The highest BCUT2D eigenvalue weighted by Gasteiger charge is 2.22. The van der Waals surface area contributed by atoms with E-state index in [2.05, 4.69) is 13.8 Å². The van der Waals surface area contributed by atoms with Crippen LogP contribution in [0.3, 0.4) is 0 Å². The monoisotopic (exact) mass is 235 g/mol. The number of rotatable bonds is 3. The van der Waals surface area contributed by atoms with Crippen LogP contribution in [0.4, 0.5) is 0 Å². The van der Waals surface area contributed by atoms with Crippen molar-refractivity contribution in [2.45, 2.75) is 33.7 Å². The molecule has 0 aliphatic carbocycles. The number of carbonyl (C=O) groups is 1. The zero-order valence-electron chi connectivity index (χ0n) is 11.2. The summed E-state index contributed by atoms with van der Waals surface area (Å²) in [5.74, 6) is 0.298. The first-order valence-electron chi connectivity index (χ1n) is 5.91. The normalized spacial score (nSPS) is 12.6. The Kier molecular flexibility index (Phi) is 4.16. The molecule has 1 amide bonds. The highest BCUT2D eigenvalue weighted by atomic mass is 16.3. The Morgan fingerprint density at radius 3 is 2.41 bits per heavy atom. The fourth-order valence-corrected chi connectivity index (χ4v) is 1.64. The topological polar surface area (TPSA) is 40.5 Å². The van der Waals surface area contributed by atoms with Crippen molar-refractivity contribution in [3.05, 3.63) is 29.3 Å². The predicted octanol–water partition coefficient (Wildman–Crippen LogP) is 2.82. The average molecular weight is 235 g/mol. The molecular weight excluding hydrogens is 214 g/mol. The molecule has 3 heteroatoms. The lowest BCUT2D eigenvalue weighted by Gasteiger charge is -2.28. The van der Waals surface area contributed by atoms with Gasteiger partial charge in [0.25, 0.3) is 5.91 Å². The van der Waals surface area contributed by atoms with E-state index >= 15 is 0 Å². The molecule has 1 unspecified atom stereocenters. The van der Waals surface area contributed by atoms with Gasteiger partial charge in [-0.25, -0.2) is 0 Å². The second-order valence-corrected chi connectivity index (χ2v) is 4.92. The van der Waals surface area contributed by atoms with E-state index in [-0.39, 0.29) is 17.7 Å². The maximum atomic E-state index is 12.2. The van der Waals surface area contributed by atoms with E-state index in [9.17, 15) is 9.90 Å². The zero-order valence-corrected chi connectivity index (χ0v) is 11.2. The number of phenols is 1. The lowest BCUT2D eigenvalue weighted by molar-refractivity contribution is 0.0704. The van der Waals surface area contributed by atoms with Crippen LogP contribution in [-0.4, -0.2) is 29.0 Å². The van der Waals surface area contributed by atoms with Crippen molar-refractivity contribution in [1.82, 2.24) is 4.90 Å². The van der Waals surface area contributed by atoms with Gasteiger partial charge in [-0.05, 0) is 31.9 Å². The number of benzene rings is 1. The van der Waals surface area contributed by atoms with E-state index in [1.807, 2.05) is 13.8 Å². The van der Waals surface area contributed by atoms with Crippen LogP contribution in [0.15, 0.2) is 18.2 Å². The van der Waals surface area contributed by atoms with E-state index < -0.39 is 0 Å². The molecule has 0 heterocycles. The van der Waals surface area contributed by atoms with Crippen LogP contribution in [0, 0.1) is 12.8 Å². The molecule has 1 N–H and O–H groups in total. The summed E-state index contributed by atoms with van der Waals surface area (Å²) in [5.41, 5.74) is 1.34. The number of phenolic OH excluding ortho intramolecular Hbond substituents is 1. The molecule has 0 aromatic heterocycles. The van der Waals surface area contributed by atoms with Crippen LogP contribution in [-0.2, 0) is 0 Å². The molecule has 0 bridgehead atoms. The third kappa shape index (κ3) is 2.99.